The van der Waals surface area contributed by atoms with Gasteiger partial charge in [-0.2, -0.15) is 0 Å². The lowest BCUT2D eigenvalue weighted by atomic mass is 9.92. The van der Waals surface area contributed by atoms with Crippen LogP contribution in [0.5, 0.6) is 0 Å². The van der Waals surface area contributed by atoms with E-state index in [9.17, 15) is 0 Å². The quantitative estimate of drug-likeness (QED) is 0.661. The summed E-state index contributed by atoms with van der Waals surface area (Å²) in [6, 6.07) is 6.74. The van der Waals surface area contributed by atoms with Crippen LogP contribution >= 0.6 is 0 Å². The highest BCUT2D eigenvalue weighted by atomic mass is 14.7. The largest absolute Gasteiger partial charge is 0.358 e. The van der Waals surface area contributed by atoms with Gasteiger partial charge in [0.1, 0.15) is 0 Å². The standard InChI is InChI=1S/C14H19N/c1-9-6-10(2)13-11(7-9)8-12(15-13)14(3,4)5/h6-8,15H,1-5H3. The second-order valence-corrected chi connectivity index (χ2v) is 5.48. The fraction of sp³-hybridized carbons (Fsp3) is 0.429. The fourth-order valence-corrected chi connectivity index (χ4v) is 2.02. The molecule has 2 aromatic rings. The summed E-state index contributed by atoms with van der Waals surface area (Å²) in [6.07, 6.45) is 0. The molecule has 0 spiro atoms. The number of H-pyrrole nitrogens is 1. The van der Waals surface area contributed by atoms with Gasteiger partial charge in [0.05, 0.1) is 0 Å². The minimum Gasteiger partial charge on any atom is -0.358 e. The average molecular weight is 201 g/mol. The van der Waals surface area contributed by atoms with E-state index in [1.165, 1.54) is 27.7 Å². The van der Waals surface area contributed by atoms with E-state index in [2.05, 4.69) is 57.8 Å². The number of hydrogen-bond donors (Lipinski definition) is 1. The minimum absolute atomic E-state index is 0.194. The van der Waals surface area contributed by atoms with E-state index in [4.69, 9.17) is 0 Å². The van der Waals surface area contributed by atoms with E-state index in [-0.39, 0.29) is 5.41 Å². The Morgan fingerprint density at radius 1 is 1.00 bits per heavy atom. The normalized spacial score (nSPS) is 12.3. The third kappa shape index (κ3) is 1.79. The zero-order chi connectivity index (χ0) is 11.2. The van der Waals surface area contributed by atoms with Crippen LogP contribution in [-0.4, -0.2) is 4.98 Å². The van der Waals surface area contributed by atoms with Crippen LogP contribution in [0.15, 0.2) is 18.2 Å². The Balaban J connectivity index is 2.71. The molecule has 0 saturated heterocycles. The maximum atomic E-state index is 3.53. The average Bonchev–Trinajstić information content (AvgIpc) is 2.46. The van der Waals surface area contributed by atoms with Crippen molar-refractivity contribution >= 4 is 10.9 Å². The van der Waals surface area contributed by atoms with Crippen LogP contribution in [0, 0.1) is 13.8 Å². The van der Waals surface area contributed by atoms with E-state index in [1.54, 1.807) is 0 Å². The second kappa shape index (κ2) is 3.13. The molecule has 1 heterocycles. The maximum Gasteiger partial charge on any atom is 0.0486 e. The summed E-state index contributed by atoms with van der Waals surface area (Å²) in [6.45, 7) is 11.0. The molecule has 0 aliphatic carbocycles. The lowest BCUT2D eigenvalue weighted by Crippen LogP contribution is -2.11. The molecule has 0 aliphatic heterocycles. The van der Waals surface area contributed by atoms with Crippen molar-refractivity contribution in [1.29, 1.82) is 0 Å². The van der Waals surface area contributed by atoms with Gasteiger partial charge < -0.3 is 4.98 Å². The summed E-state index contributed by atoms with van der Waals surface area (Å²) in [5.74, 6) is 0. The van der Waals surface area contributed by atoms with Gasteiger partial charge in [0, 0.05) is 22.0 Å². The molecule has 80 valence electrons. The number of nitrogens with one attached hydrogen (secondary N) is 1. The van der Waals surface area contributed by atoms with Gasteiger partial charge in [0.2, 0.25) is 0 Å². The van der Waals surface area contributed by atoms with E-state index in [0.29, 0.717) is 0 Å². The van der Waals surface area contributed by atoms with Crippen LogP contribution in [0.25, 0.3) is 10.9 Å². The van der Waals surface area contributed by atoms with Crippen LogP contribution in [0.4, 0.5) is 0 Å². The topological polar surface area (TPSA) is 15.8 Å². The fourth-order valence-electron chi connectivity index (χ4n) is 2.02. The number of hydrogen-bond acceptors (Lipinski definition) is 0. The maximum absolute atomic E-state index is 3.53. The predicted molar refractivity (Wildman–Crippen MR) is 66.5 cm³/mol. The Bertz CT molecular complexity index is 498. The first kappa shape index (κ1) is 10.3. The van der Waals surface area contributed by atoms with Gasteiger partial charge in [-0.15, -0.1) is 0 Å². The number of fused-ring (bicyclic) bond motifs is 1. The van der Waals surface area contributed by atoms with Crippen molar-refractivity contribution in [3.63, 3.8) is 0 Å². The molecule has 0 atom stereocenters. The van der Waals surface area contributed by atoms with Gasteiger partial charge in [0.15, 0.2) is 0 Å². The van der Waals surface area contributed by atoms with Crippen LogP contribution in [0.3, 0.4) is 0 Å². The highest BCUT2D eigenvalue weighted by Crippen LogP contribution is 2.27. The number of benzene rings is 1. The Morgan fingerprint density at radius 3 is 2.27 bits per heavy atom. The Morgan fingerprint density at radius 2 is 1.67 bits per heavy atom. The first-order valence-corrected chi connectivity index (χ1v) is 5.48. The number of aromatic nitrogens is 1. The van der Waals surface area contributed by atoms with Gasteiger partial charge in [-0.25, -0.2) is 0 Å². The monoisotopic (exact) mass is 201 g/mol. The third-order valence-corrected chi connectivity index (χ3v) is 2.88. The summed E-state index contributed by atoms with van der Waals surface area (Å²) in [5.41, 5.74) is 5.45. The SMILES string of the molecule is Cc1cc(C)c2[nH]c(C(C)(C)C)cc2c1. The van der Waals surface area contributed by atoms with E-state index in [1.807, 2.05) is 0 Å². The molecule has 2 rings (SSSR count). The summed E-state index contributed by atoms with van der Waals surface area (Å²) in [4.78, 5) is 3.53. The summed E-state index contributed by atoms with van der Waals surface area (Å²) >= 11 is 0. The van der Waals surface area contributed by atoms with E-state index >= 15 is 0 Å². The molecular weight excluding hydrogens is 182 g/mol. The van der Waals surface area contributed by atoms with Crippen molar-refractivity contribution in [1.82, 2.24) is 4.98 Å². The molecule has 0 saturated carbocycles. The van der Waals surface area contributed by atoms with Crippen LogP contribution < -0.4 is 0 Å². The van der Waals surface area contributed by atoms with E-state index in [0.717, 1.165) is 0 Å². The third-order valence-electron chi connectivity index (χ3n) is 2.88. The summed E-state index contributed by atoms with van der Waals surface area (Å²) < 4.78 is 0. The lowest BCUT2D eigenvalue weighted by molar-refractivity contribution is 0.574. The number of aromatic amines is 1. The zero-order valence-corrected chi connectivity index (χ0v) is 10.2. The number of aryl methyl sites for hydroxylation is 2. The van der Waals surface area contributed by atoms with Crippen LogP contribution in [0.2, 0.25) is 0 Å². The van der Waals surface area contributed by atoms with Gasteiger partial charge >= 0.3 is 0 Å². The highest BCUT2D eigenvalue weighted by Gasteiger charge is 2.16. The van der Waals surface area contributed by atoms with Crippen molar-refractivity contribution in [3.05, 3.63) is 35.0 Å². The van der Waals surface area contributed by atoms with Crippen LogP contribution in [-0.2, 0) is 5.41 Å². The zero-order valence-electron chi connectivity index (χ0n) is 10.2. The molecule has 1 aromatic carbocycles. The van der Waals surface area contributed by atoms with Crippen molar-refractivity contribution < 1.29 is 0 Å². The Kier molecular flexibility index (Phi) is 2.14. The molecule has 0 radical (unpaired) electrons. The Labute approximate surface area is 91.5 Å². The molecule has 0 amide bonds. The van der Waals surface area contributed by atoms with Gasteiger partial charge in [-0.3, -0.25) is 0 Å². The van der Waals surface area contributed by atoms with E-state index < -0.39 is 0 Å². The first-order chi connectivity index (χ1) is 6.88. The molecule has 1 heteroatoms. The molecule has 0 aliphatic rings. The molecule has 0 fully saturated rings. The smallest absolute Gasteiger partial charge is 0.0486 e. The first-order valence-electron chi connectivity index (χ1n) is 5.48. The highest BCUT2D eigenvalue weighted by molar-refractivity contribution is 5.84. The number of rotatable bonds is 0. The summed E-state index contributed by atoms with van der Waals surface area (Å²) in [7, 11) is 0. The second-order valence-electron chi connectivity index (χ2n) is 5.48. The predicted octanol–water partition coefficient (Wildman–Crippen LogP) is 4.08. The van der Waals surface area contributed by atoms with Gasteiger partial charge in [0.25, 0.3) is 0 Å². The summed E-state index contributed by atoms with van der Waals surface area (Å²) in [5, 5.41) is 1.33. The van der Waals surface area contributed by atoms with Crippen molar-refractivity contribution in [2.75, 3.05) is 0 Å². The minimum atomic E-state index is 0.194. The molecule has 0 bridgehead atoms. The molecule has 1 aromatic heterocycles. The van der Waals surface area contributed by atoms with Gasteiger partial charge in [-0.05, 0) is 31.5 Å². The Hall–Kier alpha value is -1.24. The van der Waals surface area contributed by atoms with Crippen molar-refractivity contribution in [3.8, 4) is 0 Å². The lowest BCUT2D eigenvalue weighted by Gasteiger charge is -2.15. The molecule has 1 N–H and O–H groups in total. The molecule has 0 unspecified atom stereocenters. The molecule has 15 heavy (non-hydrogen) atoms. The molecular formula is C14H19N. The molecule has 1 nitrogen and oxygen atoms in total. The van der Waals surface area contributed by atoms with Gasteiger partial charge in [-0.1, -0.05) is 32.4 Å². The van der Waals surface area contributed by atoms with Crippen LogP contribution in [0.1, 0.15) is 37.6 Å². The van der Waals surface area contributed by atoms with Crippen molar-refractivity contribution in [2.24, 2.45) is 0 Å². The van der Waals surface area contributed by atoms with Crippen molar-refractivity contribution in [2.45, 2.75) is 40.0 Å².